The minimum atomic E-state index is -0.995. The molecule has 6 atom stereocenters. The number of carbonyl (C=O) groups excluding carboxylic acids is 2. The van der Waals surface area contributed by atoms with E-state index in [0.717, 1.165) is 55.7 Å². The number of nitrogens with one attached hydrogen (secondary N) is 2. The maximum absolute atomic E-state index is 15.4. The summed E-state index contributed by atoms with van der Waals surface area (Å²) in [5.41, 5.74) is 5.12. The summed E-state index contributed by atoms with van der Waals surface area (Å²) in [6.07, 6.45) is 9.95. The number of piperazine rings is 1. The maximum Gasteiger partial charge on any atom is 0.319 e. The van der Waals surface area contributed by atoms with Gasteiger partial charge in [0.25, 0.3) is 0 Å². The van der Waals surface area contributed by atoms with Crippen LogP contribution in [0.5, 0.6) is 17.5 Å². The zero-order chi connectivity index (χ0) is 60.5. The van der Waals surface area contributed by atoms with Gasteiger partial charge in [-0.3, -0.25) is 14.6 Å². The first-order valence-corrected chi connectivity index (χ1v) is 28.7. The molecule has 85 heavy (non-hydrogen) atoms. The number of carbonyl (C=O) groups is 2. The summed E-state index contributed by atoms with van der Waals surface area (Å²) < 4.78 is 76.0. The molecule has 0 saturated carbocycles. The van der Waals surface area contributed by atoms with Crippen molar-refractivity contribution in [2.45, 2.75) is 117 Å². The molecule has 448 valence electrons. The molecule has 3 aliphatic heterocycles. The monoisotopic (exact) mass is 1170 g/mol. The van der Waals surface area contributed by atoms with Crippen LogP contribution < -0.4 is 25.0 Å². The molecule has 2 bridgehead atoms. The van der Waals surface area contributed by atoms with Crippen molar-refractivity contribution in [3.63, 3.8) is 0 Å². The number of ether oxygens (including phenoxy) is 3. The lowest BCUT2D eigenvalue weighted by Crippen LogP contribution is -2.51. The highest BCUT2D eigenvalue weighted by molar-refractivity contribution is 6.04. The number of aryl methyl sites for hydroxylation is 1. The molecule has 11 rings (SSSR count). The molecule has 8 aromatic rings. The van der Waals surface area contributed by atoms with Gasteiger partial charge in [0.15, 0.2) is 5.75 Å². The third kappa shape index (κ3) is 14.1. The molecular formula is C64H72F4N10O7. The average Bonchev–Trinajstić information content (AvgIpc) is 2.11. The molecule has 17 nitrogen and oxygen atoms in total. The van der Waals surface area contributed by atoms with Crippen molar-refractivity contribution < 1.29 is 51.6 Å². The first-order chi connectivity index (χ1) is 41.0. The van der Waals surface area contributed by atoms with Crippen molar-refractivity contribution in [2.75, 3.05) is 44.9 Å². The highest BCUT2D eigenvalue weighted by Gasteiger charge is 2.35. The van der Waals surface area contributed by atoms with Crippen molar-refractivity contribution in [3.8, 4) is 51.2 Å². The average molecular weight is 1170 g/mol. The van der Waals surface area contributed by atoms with Crippen LogP contribution in [0.3, 0.4) is 0 Å². The normalized spacial score (nSPS) is 17.4. The topological polar surface area (TPSA) is 202 Å². The second-order valence-corrected chi connectivity index (χ2v) is 22.2. The number of halogens is 4. The lowest BCUT2D eigenvalue weighted by Gasteiger charge is -2.34. The van der Waals surface area contributed by atoms with Crippen LogP contribution in [0, 0.1) is 29.2 Å². The fraction of sp³-hybridized carbons (Fsp3) is 0.391. The Balaban J connectivity index is 0.000000244. The Bertz CT molecular complexity index is 3580. The van der Waals surface area contributed by atoms with Gasteiger partial charge in [-0.05, 0) is 110 Å². The summed E-state index contributed by atoms with van der Waals surface area (Å²) in [4.78, 5) is 39.7. The van der Waals surface area contributed by atoms with Gasteiger partial charge in [-0.1, -0.05) is 80.6 Å². The van der Waals surface area contributed by atoms with Crippen LogP contribution in [0.15, 0.2) is 97.3 Å². The SMILES string of the molecule is CC1CCCN1C=O.CCc1c(F)ccc2cc(O)cc(-c3ncc4c(N5CC6CCC(C5)N6)nc(OC[C@H](C)OC)nc4c3OCc3ccc(-c4cn(C(C)C(C)C)nn4)cc3)c12.O=CNC(CO)c1ccc(-c2c(F)cc(F)cc2F)cc1. The van der Waals surface area contributed by atoms with Crippen LogP contribution in [0.4, 0.5) is 23.4 Å². The molecule has 5 unspecified atom stereocenters. The summed E-state index contributed by atoms with van der Waals surface area (Å²) in [5.74, 6) is -1.76. The van der Waals surface area contributed by atoms with Crippen molar-refractivity contribution in [3.05, 3.63) is 137 Å². The van der Waals surface area contributed by atoms with Crippen LogP contribution >= 0.6 is 0 Å². The molecule has 4 N–H and O–H groups in total. The fourth-order valence-electron chi connectivity index (χ4n) is 10.9. The number of aromatic hydroxyl groups is 1. The Morgan fingerprint density at radius 3 is 2.18 bits per heavy atom. The van der Waals surface area contributed by atoms with Gasteiger partial charge in [0.1, 0.15) is 65.0 Å². The van der Waals surface area contributed by atoms with Gasteiger partial charge in [0, 0.05) is 74.3 Å². The van der Waals surface area contributed by atoms with Gasteiger partial charge in [-0.15, -0.1) is 5.10 Å². The van der Waals surface area contributed by atoms with Gasteiger partial charge in [0.2, 0.25) is 12.8 Å². The Morgan fingerprint density at radius 2 is 1.56 bits per heavy atom. The molecule has 3 saturated heterocycles. The number of aliphatic hydroxyl groups excluding tert-OH is 1. The van der Waals surface area contributed by atoms with Gasteiger partial charge in [0.05, 0.1) is 41.9 Å². The van der Waals surface area contributed by atoms with Gasteiger partial charge < -0.3 is 44.9 Å². The lowest BCUT2D eigenvalue weighted by molar-refractivity contribution is -0.118. The third-order valence-corrected chi connectivity index (χ3v) is 16.1. The van der Waals surface area contributed by atoms with E-state index in [1.165, 1.54) is 43.2 Å². The number of amides is 2. The summed E-state index contributed by atoms with van der Waals surface area (Å²) in [7, 11) is 1.64. The van der Waals surface area contributed by atoms with E-state index in [1.54, 1.807) is 31.5 Å². The van der Waals surface area contributed by atoms with E-state index in [9.17, 15) is 27.9 Å². The molecule has 6 heterocycles. The smallest absolute Gasteiger partial charge is 0.319 e. The molecular weight excluding hydrogens is 1100 g/mol. The van der Waals surface area contributed by atoms with Crippen LogP contribution in [-0.2, 0) is 27.4 Å². The zero-order valence-electron chi connectivity index (χ0n) is 48.7. The summed E-state index contributed by atoms with van der Waals surface area (Å²) in [6.45, 7) is 15.0. The number of benzene rings is 5. The van der Waals surface area contributed by atoms with Crippen molar-refractivity contribution >= 4 is 40.3 Å². The number of likely N-dealkylation sites (tertiary alicyclic amines) is 1. The minimum absolute atomic E-state index is 0.0292. The largest absolute Gasteiger partial charge is 0.508 e. The second kappa shape index (κ2) is 27.6. The van der Waals surface area contributed by atoms with E-state index < -0.39 is 23.5 Å². The van der Waals surface area contributed by atoms with Crippen molar-refractivity contribution in [1.82, 2.24) is 45.5 Å². The molecule has 3 aliphatic rings. The van der Waals surface area contributed by atoms with Crippen LogP contribution in [0.1, 0.15) is 96.0 Å². The maximum atomic E-state index is 15.4. The zero-order valence-corrected chi connectivity index (χ0v) is 48.7. The number of anilines is 1. The van der Waals surface area contributed by atoms with Gasteiger partial charge >= 0.3 is 6.01 Å². The molecule has 2 amide bonds. The van der Waals surface area contributed by atoms with E-state index in [2.05, 4.69) is 53.5 Å². The number of methoxy groups -OCH3 is 1. The van der Waals surface area contributed by atoms with Crippen LogP contribution in [0.2, 0.25) is 0 Å². The third-order valence-electron chi connectivity index (χ3n) is 16.1. The van der Waals surface area contributed by atoms with E-state index in [1.807, 2.05) is 53.9 Å². The predicted octanol–water partition coefficient (Wildman–Crippen LogP) is 10.8. The number of aromatic nitrogens is 6. The lowest BCUT2D eigenvalue weighted by atomic mass is 9.94. The highest BCUT2D eigenvalue weighted by atomic mass is 19.1. The first kappa shape index (κ1) is 61.3. The standard InChI is InChI=1S/C43H49FN8O4.C15H12F3NO2.C6H11NO/c1-7-33-36(44)15-12-29-16-32(53)17-34(38(29)33)39-41(55-23-27-8-10-28(11-9-27)37-21-52(50-49-37)26(5)24(2)3)40-35(18-45-39)42(48-43(47-40)56-22-25(4)54-6)51-19-30-13-14-31(20-51)46-30;16-11-5-12(17)15(13(18)6-11)10-3-1-9(2-4-10)14(7-20)19-8-21;1-6-3-2-4-7(6)5-8/h8-12,15-18,21,24-26,30-31,46,53H,7,13-14,19-20,22-23H2,1-6H3;1-6,8,14,20H,7H2,(H,19,21);5-6H,2-4H2,1H3/t25-,26?,30?,31?;;/m0../s1. The second-order valence-electron chi connectivity index (χ2n) is 22.2. The minimum Gasteiger partial charge on any atom is -0.508 e. The number of hydrogen-bond acceptors (Lipinski definition) is 14. The number of phenols is 1. The number of nitrogens with zero attached hydrogens (tertiary/aromatic N) is 8. The van der Waals surface area contributed by atoms with Crippen molar-refractivity contribution in [1.29, 1.82) is 0 Å². The number of phenolic OH excluding ortho intramolecular Hbond substituents is 1. The predicted molar refractivity (Wildman–Crippen MR) is 317 cm³/mol. The summed E-state index contributed by atoms with van der Waals surface area (Å²) in [5, 5.41) is 37.1. The molecule has 0 aliphatic carbocycles. The fourth-order valence-corrected chi connectivity index (χ4v) is 10.9. The number of hydrogen-bond donors (Lipinski definition) is 4. The van der Waals surface area contributed by atoms with Crippen molar-refractivity contribution in [2.24, 2.45) is 5.92 Å². The molecule has 21 heteroatoms. The number of rotatable bonds is 19. The molecule has 5 aromatic carbocycles. The van der Waals surface area contributed by atoms with Gasteiger partial charge in [-0.25, -0.2) is 22.2 Å². The van der Waals surface area contributed by atoms with E-state index in [0.29, 0.717) is 105 Å². The number of fused-ring (bicyclic) bond motifs is 4. The van der Waals surface area contributed by atoms with E-state index in [4.69, 9.17) is 34.3 Å². The summed E-state index contributed by atoms with van der Waals surface area (Å²) in [6, 6.07) is 22.6. The highest BCUT2D eigenvalue weighted by Crippen LogP contribution is 2.44. The van der Waals surface area contributed by atoms with Crippen LogP contribution in [-0.4, -0.2) is 122 Å². The Kier molecular flexibility index (Phi) is 19.9. The molecule has 0 spiro atoms. The Hall–Kier alpha value is -8.27. The molecule has 0 radical (unpaired) electrons. The number of aliphatic hydroxyl groups is 1. The van der Waals surface area contributed by atoms with Crippen LogP contribution in [0.25, 0.3) is 55.3 Å². The summed E-state index contributed by atoms with van der Waals surface area (Å²) >= 11 is 0. The van der Waals surface area contributed by atoms with E-state index >= 15 is 4.39 Å². The first-order valence-electron chi connectivity index (χ1n) is 28.7. The Morgan fingerprint density at radius 1 is 0.859 bits per heavy atom. The Labute approximate surface area is 491 Å². The molecule has 3 fully saturated rings. The van der Waals surface area contributed by atoms with Gasteiger partial charge in [-0.2, -0.15) is 9.97 Å². The quantitative estimate of drug-likeness (QED) is 0.0440. The van der Waals surface area contributed by atoms with E-state index in [-0.39, 0.29) is 60.7 Å². The number of pyridine rings is 1. The molecule has 3 aromatic heterocycles.